The maximum absolute atomic E-state index is 12.9. The second-order valence-electron chi connectivity index (χ2n) is 5.79. The van der Waals surface area contributed by atoms with E-state index in [9.17, 15) is 36.2 Å². The van der Waals surface area contributed by atoms with E-state index in [0.717, 1.165) is 6.08 Å². The van der Waals surface area contributed by atoms with Gasteiger partial charge >= 0.3 is 18.3 Å². The summed E-state index contributed by atoms with van der Waals surface area (Å²) in [5.74, 6) is -1.44. The summed E-state index contributed by atoms with van der Waals surface area (Å²) >= 11 is 1.23. The zero-order valence-electron chi connectivity index (χ0n) is 14.0. The molecule has 0 amide bonds. The van der Waals surface area contributed by atoms with E-state index in [4.69, 9.17) is 0 Å². The number of hydrogen-bond acceptors (Lipinski definition) is 3. The number of aliphatic imine (C=N–C) groups is 1. The summed E-state index contributed by atoms with van der Waals surface area (Å²) in [6.07, 6.45) is -8.49. The fourth-order valence-corrected chi connectivity index (χ4v) is 3.10. The summed E-state index contributed by atoms with van der Waals surface area (Å²) in [4.78, 5) is 16.1. The molecule has 3 nitrogen and oxygen atoms in total. The molecular weight excluding hydrogens is 408 g/mol. The Morgan fingerprint density at radius 3 is 2.07 bits per heavy atom. The van der Waals surface area contributed by atoms with Gasteiger partial charge in [-0.1, -0.05) is 12.1 Å². The van der Waals surface area contributed by atoms with Crippen LogP contribution >= 0.6 is 11.3 Å². The molecule has 1 atom stereocenters. The van der Waals surface area contributed by atoms with Crippen molar-refractivity contribution in [2.75, 3.05) is 0 Å². The van der Waals surface area contributed by atoms with Crippen molar-refractivity contribution in [3.8, 4) is 0 Å². The molecule has 0 fully saturated rings. The molecule has 0 spiro atoms. The standard InChI is InChI=1S/C18H13F6NO2S/c1-2-16(15(26)27,9-14-4-3-5-28-14)25-10-11-6-12(17(19,20)21)8-13(7-11)18(22,23)24/h2-8,10H,1,9H2,(H,26,27)/t16-/m1/s1. The first-order valence-corrected chi connectivity index (χ1v) is 8.49. The molecule has 28 heavy (non-hydrogen) atoms. The van der Waals surface area contributed by atoms with Crippen LogP contribution in [0.15, 0.2) is 53.4 Å². The van der Waals surface area contributed by atoms with E-state index in [1.807, 2.05) is 0 Å². The number of aliphatic carboxylic acids is 1. The number of thiophene rings is 1. The average molecular weight is 421 g/mol. The summed E-state index contributed by atoms with van der Waals surface area (Å²) in [5, 5.41) is 11.2. The lowest BCUT2D eigenvalue weighted by atomic mass is 9.95. The number of benzene rings is 1. The van der Waals surface area contributed by atoms with Gasteiger partial charge in [-0.25, -0.2) is 4.79 Å². The zero-order chi connectivity index (χ0) is 21.2. The van der Waals surface area contributed by atoms with E-state index in [2.05, 4.69) is 11.6 Å². The molecule has 2 aromatic rings. The fraction of sp³-hybridized carbons (Fsp3) is 0.222. The highest BCUT2D eigenvalue weighted by Crippen LogP contribution is 2.36. The van der Waals surface area contributed by atoms with Crippen LogP contribution in [0, 0.1) is 0 Å². The van der Waals surface area contributed by atoms with E-state index in [0.29, 0.717) is 23.2 Å². The van der Waals surface area contributed by atoms with Gasteiger partial charge in [0, 0.05) is 17.5 Å². The van der Waals surface area contributed by atoms with Gasteiger partial charge in [0.1, 0.15) is 0 Å². The molecule has 0 aliphatic heterocycles. The fourth-order valence-electron chi connectivity index (χ4n) is 2.31. The average Bonchev–Trinajstić information content (AvgIpc) is 3.09. The van der Waals surface area contributed by atoms with Crippen molar-refractivity contribution in [1.82, 2.24) is 0 Å². The van der Waals surface area contributed by atoms with Gasteiger partial charge in [0.25, 0.3) is 0 Å². The summed E-state index contributed by atoms with van der Waals surface area (Å²) in [6.45, 7) is 3.41. The summed E-state index contributed by atoms with van der Waals surface area (Å²) in [5.41, 5.74) is -5.48. The van der Waals surface area contributed by atoms with Gasteiger partial charge in [0.05, 0.1) is 11.1 Å². The first kappa shape index (κ1) is 21.7. The Kier molecular flexibility index (Phi) is 6.03. The highest BCUT2D eigenvalue weighted by Gasteiger charge is 2.38. The number of carbonyl (C=O) groups is 1. The van der Waals surface area contributed by atoms with Gasteiger partial charge in [-0.3, -0.25) is 4.99 Å². The first-order valence-electron chi connectivity index (χ1n) is 7.61. The Morgan fingerprint density at radius 2 is 1.68 bits per heavy atom. The number of alkyl halides is 6. The summed E-state index contributed by atoms with van der Waals surface area (Å²) in [7, 11) is 0. The Balaban J connectivity index is 2.52. The molecule has 1 N–H and O–H groups in total. The summed E-state index contributed by atoms with van der Waals surface area (Å²) in [6, 6.07) is 4.23. The minimum Gasteiger partial charge on any atom is -0.479 e. The lowest BCUT2D eigenvalue weighted by Crippen LogP contribution is -2.36. The molecule has 1 aromatic carbocycles. The predicted molar refractivity (Wildman–Crippen MR) is 92.6 cm³/mol. The molecule has 0 bridgehead atoms. The van der Waals surface area contributed by atoms with E-state index in [-0.39, 0.29) is 12.5 Å². The van der Waals surface area contributed by atoms with E-state index in [1.54, 1.807) is 17.5 Å². The lowest BCUT2D eigenvalue weighted by molar-refractivity contribution is -0.143. The third kappa shape index (κ3) is 5.00. The van der Waals surface area contributed by atoms with Gasteiger partial charge < -0.3 is 5.11 Å². The van der Waals surface area contributed by atoms with E-state index < -0.39 is 40.6 Å². The highest BCUT2D eigenvalue weighted by molar-refractivity contribution is 7.09. The lowest BCUT2D eigenvalue weighted by Gasteiger charge is -2.20. The number of halogens is 6. The van der Waals surface area contributed by atoms with Crippen LogP contribution in [0.1, 0.15) is 21.6 Å². The molecule has 0 radical (unpaired) electrons. The van der Waals surface area contributed by atoms with E-state index in [1.165, 1.54) is 11.3 Å². The van der Waals surface area contributed by atoms with Gasteiger partial charge in [0.2, 0.25) is 0 Å². The SMILES string of the molecule is C=C[C@](Cc1cccs1)(N=Cc1cc(C(F)(F)F)cc(C(F)(F)F)c1)C(=O)O. The zero-order valence-corrected chi connectivity index (χ0v) is 14.8. The largest absolute Gasteiger partial charge is 0.479 e. The molecule has 1 heterocycles. The molecule has 150 valence electrons. The van der Waals surface area contributed by atoms with Crippen LogP contribution in [0.25, 0.3) is 0 Å². The molecule has 0 aliphatic carbocycles. The molecule has 0 aliphatic rings. The summed E-state index contributed by atoms with van der Waals surface area (Å²) < 4.78 is 77.6. The maximum atomic E-state index is 12.9. The first-order chi connectivity index (χ1) is 12.9. The molecule has 2 rings (SSSR count). The number of carboxylic acid groups (broad SMARTS) is 1. The molecule has 10 heteroatoms. The molecular formula is C18H13F6NO2S. The van der Waals surface area contributed by atoms with Crippen molar-refractivity contribution in [2.24, 2.45) is 4.99 Å². The van der Waals surface area contributed by atoms with Crippen LogP contribution < -0.4 is 0 Å². The monoisotopic (exact) mass is 421 g/mol. The Bertz CT molecular complexity index is 854. The predicted octanol–water partition coefficient (Wildman–Crippen LogP) is 5.46. The Hall–Kier alpha value is -2.62. The van der Waals surface area contributed by atoms with Crippen LogP contribution in [-0.4, -0.2) is 22.8 Å². The van der Waals surface area contributed by atoms with Gasteiger partial charge in [-0.2, -0.15) is 26.3 Å². The van der Waals surface area contributed by atoms with Crippen molar-refractivity contribution in [3.05, 3.63) is 69.9 Å². The highest BCUT2D eigenvalue weighted by atomic mass is 32.1. The van der Waals surface area contributed by atoms with Crippen molar-refractivity contribution < 1.29 is 36.2 Å². The molecule has 0 saturated carbocycles. The van der Waals surface area contributed by atoms with Crippen LogP contribution in [0.2, 0.25) is 0 Å². The molecule has 0 unspecified atom stereocenters. The molecule has 0 saturated heterocycles. The second kappa shape index (κ2) is 7.78. The number of rotatable bonds is 6. The van der Waals surface area contributed by atoms with Crippen LogP contribution in [0.3, 0.4) is 0 Å². The van der Waals surface area contributed by atoms with Crippen LogP contribution in [0.5, 0.6) is 0 Å². The Labute approximate surface area is 159 Å². The van der Waals surface area contributed by atoms with Crippen molar-refractivity contribution in [1.29, 1.82) is 0 Å². The maximum Gasteiger partial charge on any atom is 0.416 e. The topological polar surface area (TPSA) is 49.7 Å². The van der Waals surface area contributed by atoms with E-state index >= 15 is 0 Å². The second-order valence-corrected chi connectivity index (χ2v) is 6.82. The normalized spacial score (nSPS) is 14.8. The van der Waals surface area contributed by atoms with Gasteiger partial charge in [0.15, 0.2) is 5.54 Å². The van der Waals surface area contributed by atoms with Crippen molar-refractivity contribution in [3.63, 3.8) is 0 Å². The number of hydrogen-bond donors (Lipinski definition) is 1. The van der Waals surface area contributed by atoms with Gasteiger partial charge in [-0.05, 0) is 35.2 Å². The quantitative estimate of drug-likeness (QED) is 0.383. The van der Waals surface area contributed by atoms with Crippen LogP contribution in [-0.2, 0) is 23.6 Å². The van der Waals surface area contributed by atoms with Gasteiger partial charge in [-0.15, -0.1) is 17.9 Å². The Morgan fingerprint density at radius 1 is 1.11 bits per heavy atom. The van der Waals surface area contributed by atoms with Crippen LogP contribution in [0.4, 0.5) is 26.3 Å². The third-order valence-corrected chi connectivity index (χ3v) is 4.66. The minimum absolute atomic E-state index is 0.0130. The number of nitrogens with zero attached hydrogens (tertiary/aromatic N) is 1. The van der Waals surface area contributed by atoms with Crippen molar-refractivity contribution >= 4 is 23.5 Å². The third-order valence-electron chi connectivity index (χ3n) is 3.79. The molecule has 1 aromatic heterocycles. The van der Waals surface area contributed by atoms with Crippen molar-refractivity contribution in [2.45, 2.75) is 24.3 Å². The number of carboxylic acids is 1. The smallest absolute Gasteiger partial charge is 0.416 e. The minimum atomic E-state index is -5.01.